The average Bonchev–Trinajstić information content (AvgIpc) is 2.37. The summed E-state index contributed by atoms with van der Waals surface area (Å²) in [6, 6.07) is 6.44. The Morgan fingerprint density at radius 2 is 1.88 bits per heavy atom. The maximum atomic E-state index is 11.0. The van der Waals surface area contributed by atoms with Crippen molar-refractivity contribution >= 4 is 18.3 Å². The molecule has 0 fully saturated rings. The van der Waals surface area contributed by atoms with E-state index < -0.39 is 11.8 Å². The van der Waals surface area contributed by atoms with Crippen molar-refractivity contribution in [3.8, 4) is 5.75 Å². The number of carbonyl (C=O) groups excluding carboxylic acids is 3. The highest BCUT2D eigenvalue weighted by molar-refractivity contribution is 6.34. The van der Waals surface area contributed by atoms with Crippen molar-refractivity contribution in [3.05, 3.63) is 29.8 Å². The molecule has 1 rings (SSSR count). The lowest BCUT2D eigenvalue weighted by Gasteiger charge is -2.04. The van der Waals surface area contributed by atoms with E-state index in [1.165, 1.54) is 0 Å². The van der Waals surface area contributed by atoms with Gasteiger partial charge in [-0.1, -0.05) is 12.1 Å². The number of rotatable bonds is 4. The fraction of sp³-hybridized carbons (Fsp3) is 0.100. The minimum absolute atomic E-state index is 0.174. The van der Waals surface area contributed by atoms with Gasteiger partial charge in [0.2, 0.25) is 0 Å². The number of nitrogens with two attached hydrogens (primary N) is 1. The molecule has 0 aliphatic rings. The molecule has 1 aromatic carbocycles. The average molecular weight is 237 g/mol. The summed E-state index contributed by atoms with van der Waals surface area (Å²) in [6.45, 7) is 0.496. The van der Waals surface area contributed by atoms with Crippen molar-refractivity contribution in [2.75, 3.05) is 0 Å². The highest BCUT2D eigenvalue weighted by atomic mass is 16.5. The van der Waals surface area contributed by atoms with Crippen molar-refractivity contribution in [2.24, 2.45) is 5.84 Å². The lowest BCUT2D eigenvalue weighted by molar-refractivity contribution is -0.139. The van der Waals surface area contributed by atoms with Crippen LogP contribution in [0.2, 0.25) is 0 Å². The Morgan fingerprint density at radius 1 is 1.24 bits per heavy atom. The normalized spacial score (nSPS) is 9.24. The largest absolute Gasteiger partial charge is 0.429 e. The Hall–Kier alpha value is -2.41. The second-order valence-electron chi connectivity index (χ2n) is 3.01. The third-order valence-corrected chi connectivity index (χ3v) is 1.90. The number of hydrazine groups is 1. The molecule has 7 nitrogen and oxygen atoms in total. The fourth-order valence-electron chi connectivity index (χ4n) is 1.07. The van der Waals surface area contributed by atoms with Gasteiger partial charge in [0.1, 0.15) is 5.75 Å². The van der Waals surface area contributed by atoms with Crippen LogP contribution in [-0.4, -0.2) is 18.3 Å². The van der Waals surface area contributed by atoms with Gasteiger partial charge in [0.05, 0.1) is 0 Å². The van der Waals surface area contributed by atoms with Crippen LogP contribution in [0.15, 0.2) is 24.3 Å². The topological polar surface area (TPSA) is 111 Å². The first-order valence-electron chi connectivity index (χ1n) is 4.65. The molecule has 0 heterocycles. The molecule has 0 saturated carbocycles. The van der Waals surface area contributed by atoms with E-state index in [9.17, 15) is 14.4 Å². The zero-order chi connectivity index (χ0) is 12.7. The van der Waals surface area contributed by atoms with Crippen LogP contribution in [0, 0.1) is 0 Å². The zero-order valence-electron chi connectivity index (χ0n) is 8.80. The third-order valence-electron chi connectivity index (χ3n) is 1.90. The van der Waals surface area contributed by atoms with E-state index in [1.54, 1.807) is 29.7 Å². The maximum Gasteiger partial charge on any atom is 0.323 e. The molecule has 7 heteroatoms. The van der Waals surface area contributed by atoms with Gasteiger partial charge in [-0.15, -0.1) is 0 Å². The minimum Gasteiger partial charge on any atom is -0.429 e. The lowest BCUT2D eigenvalue weighted by atomic mass is 10.2. The molecule has 0 saturated heterocycles. The van der Waals surface area contributed by atoms with E-state index in [2.05, 4.69) is 10.1 Å². The van der Waals surface area contributed by atoms with Crippen LogP contribution in [0.5, 0.6) is 5.75 Å². The van der Waals surface area contributed by atoms with Gasteiger partial charge in [-0.3, -0.25) is 19.8 Å². The molecule has 0 atom stereocenters. The Bertz CT molecular complexity index is 416. The molecule has 0 aromatic heterocycles. The maximum absolute atomic E-state index is 11.0. The first-order valence-corrected chi connectivity index (χ1v) is 4.65. The van der Waals surface area contributed by atoms with E-state index in [0.29, 0.717) is 12.2 Å². The quantitative estimate of drug-likeness (QED) is 0.201. The van der Waals surface area contributed by atoms with Gasteiger partial charge in [-0.05, 0) is 17.7 Å². The summed E-state index contributed by atoms with van der Waals surface area (Å²) in [4.78, 5) is 31.9. The second kappa shape index (κ2) is 6.23. The Kier molecular flexibility index (Phi) is 4.64. The van der Waals surface area contributed by atoms with E-state index in [4.69, 9.17) is 5.84 Å². The van der Waals surface area contributed by atoms with Crippen molar-refractivity contribution in [1.82, 2.24) is 10.7 Å². The number of carbonyl (C=O) groups is 3. The van der Waals surface area contributed by atoms with Crippen molar-refractivity contribution in [3.63, 3.8) is 0 Å². The van der Waals surface area contributed by atoms with Crippen LogP contribution in [-0.2, 0) is 20.9 Å². The number of ether oxygens (including phenoxy) is 1. The van der Waals surface area contributed by atoms with Gasteiger partial charge in [0.25, 0.3) is 6.47 Å². The molecule has 0 aliphatic carbocycles. The Labute approximate surface area is 96.9 Å². The molecule has 17 heavy (non-hydrogen) atoms. The summed E-state index contributed by atoms with van der Waals surface area (Å²) in [6.07, 6.45) is 0. The van der Waals surface area contributed by atoms with Crippen LogP contribution in [0.4, 0.5) is 0 Å². The molecule has 0 unspecified atom stereocenters. The van der Waals surface area contributed by atoms with Gasteiger partial charge in [-0.25, -0.2) is 5.84 Å². The zero-order valence-corrected chi connectivity index (χ0v) is 8.80. The standard InChI is InChI=1S/C10H11N3O4/c11-13-10(16)9(15)12-5-7-1-3-8(4-2-7)17-6-14/h1-4,6H,5,11H2,(H,12,15)(H,13,16). The van der Waals surface area contributed by atoms with Gasteiger partial charge in [-0.2, -0.15) is 0 Å². The number of hydrogen-bond donors (Lipinski definition) is 3. The molecule has 0 radical (unpaired) electrons. The number of amides is 2. The Balaban J connectivity index is 2.49. The van der Waals surface area contributed by atoms with E-state index in [-0.39, 0.29) is 6.54 Å². The molecule has 0 bridgehead atoms. The molecule has 4 N–H and O–H groups in total. The summed E-state index contributed by atoms with van der Waals surface area (Å²) < 4.78 is 4.59. The molecule has 0 aliphatic heterocycles. The first kappa shape index (κ1) is 12.7. The monoisotopic (exact) mass is 237 g/mol. The summed E-state index contributed by atoms with van der Waals surface area (Å²) >= 11 is 0. The minimum atomic E-state index is -0.911. The molecule has 2 amide bonds. The second-order valence-corrected chi connectivity index (χ2v) is 3.01. The van der Waals surface area contributed by atoms with Gasteiger partial charge in [0, 0.05) is 6.54 Å². The molecule has 1 aromatic rings. The smallest absolute Gasteiger partial charge is 0.323 e. The first-order chi connectivity index (χ1) is 8.17. The summed E-state index contributed by atoms with van der Waals surface area (Å²) in [5.41, 5.74) is 2.47. The van der Waals surface area contributed by atoms with Crippen LogP contribution >= 0.6 is 0 Å². The summed E-state index contributed by atoms with van der Waals surface area (Å²) in [5.74, 6) is 3.45. The molecular formula is C10H11N3O4. The summed E-state index contributed by atoms with van der Waals surface area (Å²) in [5, 5.41) is 2.36. The SMILES string of the molecule is NNC(=O)C(=O)NCc1ccc(OC=O)cc1. The van der Waals surface area contributed by atoms with Gasteiger partial charge >= 0.3 is 11.8 Å². The number of nitrogens with one attached hydrogen (secondary N) is 2. The van der Waals surface area contributed by atoms with Crippen LogP contribution in [0.3, 0.4) is 0 Å². The molecular weight excluding hydrogens is 226 g/mol. The van der Waals surface area contributed by atoms with Crippen molar-refractivity contribution in [1.29, 1.82) is 0 Å². The lowest BCUT2D eigenvalue weighted by Crippen LogP contribution is -2.42. The van der Waals surface area contributed by atoms with Crippen molar-refractivity contribution in [2.45, 2.75) is 6.54 Å². The van der Waals surface area contributed by atoms with Gasteiger partial charge < -0.3 is 10.1 Å². The summed E-state index contributed by atoms with van der Waals surface area (Å²) in [7, 11) is 0. The van der Waals surface area contributed by atoms with Crippen LogP contribution in [0.25, 0.3) is 0 Å². The van der Waals surface area contributed by atoms with E-state index in [1.807, 2.05) is 0 Å². The van der Waals surface area contributed by atoms with Crippen LogP contribution in [0.1, 0.15) is 5.56 Å². The van der Waals surface area contributed by atoms with E-state index in [0.717, 1.165) is 5.56 Å². The fourth-order valence-corrected chi connectivity index (χ4v) is 1.07. The van der Waals surface area contributed by atoms with E-state index >= 15 is 0 Å². The number of hydrogen-bond acceptors (Lipinski definition) is 5. The Morgan fingerprint density at radius 3 is 2.41 bits per heavy atom. The van der Waals surface area contributed by atoms with Crippen LogP contribution < -0.4 is 21.3 Å². The molecule has 0 spiro atoms. The predicted octanol–water partition coefficient (Wildman–Crippen LogP) is -1.17. The highest BCUT2D eigenvalue weighted by Crippen LogP contribution is 2.10. The molecule has 90 valence electrons. The number of benzene rings is 1. The third kappa shape index (κ3) is 3.92. The highest BCUT2D eigenvalue weighted by Gasteiger charge is 2.10. The predicted molar refractivity (Wildman–Crippen MR) is 57.3 cm³/mol. The van der Waals surface area contributed by atoms with Gasteiger partial charge in [0.15, 0.2) is 0 Å². The van der Waals surface area contributed by atoms with Crippen molar-refractivity contribution < 1.29 is 19.1 Å².